The summed E-state index contributed by atoms with van der Waals surface area (Å²) in [4.78, 5) is 9.34. The number of nitrogens with zero attached hydrogens (tertiary/aromatic N) is 3. The molecule has 1 saturated heterocycles. The molecule has 1 aromatic heterocycles. The van der Waals surface area contributed by atoms with Crippen LogP contribution < -0.4 is 19.9 Å². The number of hydrogen-bond acceptors (Lipinski definition) is 5. The van der Waals surface area contributed by atoms with Crippen molar-refractivity contribution in [3.63, 3.8) is 0 Å². The molecular weight excluding hydrogens is 300 g/mol. The van der Waals surface area contributed by atoms with Crippen molar-refractivity contribution in [1.29, 1.82) is 0 Å². The average molecular weight is 324 g/mol. The molecule has 1 aromatic carbocycles. The van der Waals surface area contributed by atoms with Gasteiger partial charge in [0.2, 0.25) is 0 Å². The first-order valence-electron chi connectivity index (χ1n) is 8.67. The Balaban J connectivity index is 1.54. The molecule has 0 saturated carbocycles. The van der Waals surface area contributed by atoms with Crippen LogP contribution in [0.5, 0.6) is 5.75 Å². The van der Waals surface area contributed by atoms with Crippen molar-refractivity contribution >= 4 is 11.5 Å². The number of pyridine rings is 1. The number of fused-ring (bicyclic) bond motifs is 1. The minimum atomic E-state index is 0.933. The van der Waals surface area contributed by atoms with Crippen molar-refractivity contribution in [1.82, 2.24) is 10.3 Å². The van der Waals surface area contributed by atoms with Gasteiger partial charge in [-0.2, -0.15) is 0 Å². The maximum atomic E-state index is 5.57. The largest absolute Gasteiger partial charge is 0.496 e. The Hall–Kier alpha value is -2.27. The SMILES string of the molecule is COc1ccc(N2CCN(c3ccccn3)CC2)c2c1CCNC2. The van der Waals surface area contributed by atoms with E-state index in [-0.39, 0.29) is 0 Å². The Bertz CT molecular complexity index is 696. The van der Waals surface area contributed by atoms with Crippen LogP contribution in [0.2, 0.25) is 0 Å². The molecule has 0 bridgehead atoms. The molecule has 0 amide bonds. The van der Waals surface area contributed by atoms with E-state index in [2.05, 4.69) is 44.4 Å². The van der Waals surface area contributed by atoms with E-state index in [1.165, 1.54) is 16.8 Å². The molecule has 0 unspecified atom stereocenters. The van der Waals surface area contributed by atoms with Crippen LogP contribution in [-0.2, 0) is 13.0 Å². The van der Waals surface area contributed by atoms with Crippen molar-refractivity contribution in [2.45, 2.75) is 13.0 Å². The van der Waals surface area contributed by atoms with Crippen LogP contribution in [0.15, 0.2) is 36.5 Å². The molecule has 0 spiro atoms. The standard InChI is InChI=1S/C19H24N4O/c1-24-18-6-5-17(16-14-20-9-7-15(16)18)22-10-12-23(13-11-22)19-4-2-3-8-21-19/h2-6,8,20H,7,9-14H2,1H3. The maximum Gasteiger partial charge on any atom is 0.128 e. The molecule has 2 aromatic rings. The zero-order chi connectivity index (χ0) is 16.4. The van der Waals surface area contributed by atoms with Gasteiger partial charge in [-0.05, 0) is 42.8 Å². The molecule has 1 fully saturated rings. The Morgan fingerprint density at radius 1 is 1.00 bits per heavy atom. The monoisotopic (exact) mass is 324 g/mol. The van der Waals surface area contributed by atoms with Gasteiger partial charge in [0.25, 0.3) is 0 Å². The van der Waals surface area contributed by atoms with E-state index >= 15 is 0 Å². The quantitative estimate of drug-likeness (QED) is 0.936. The molecule has 0 radical (unpaired) electrons. The fraction of sp³-hybridized carbons (Fsp3) is 0.421. The normalized spacial score (nSPS) is 17.5. The molecule has 5 nitrogen and oxygen atoms in total. The zero-order valence-corrected chi connectivity index (χ0v) is 14.2. The summed E-state index contributed by atoms with van der Waals surface area (Å²) >= 11 is 0. The smallest absolute Gasteiger partial charge is 0.128 e. The highest BCUT2D eigenvalue weighted by Crippen LogP contribution is 2.34. The predicted octanol–water partition coefficient (Wildman–Crippen LogP) is 2.06. The first-order chi connectivity index (χ1) is 11.9. The van der Waals surface area contributed by atoms with Crippen LogP contribution in [-0.4, -0.2) is 44.8 Å². The molecule has 4 rings (SSSR count). The van der Waals surface area contributed by atoms with Crippen molar-refractivity contribution < 1.29 is 4.74 Å². The molecule has 5 heteroatoms. The first kappa shape index (κ1) is 15.3. The summed E-state index contributed by atoms with van der Waals surface area (Å²) in [7, 11) is 1.77. The van der Waals surface area contributed by atoms with Crippen LogP contribution in [0.1, 0.15) is 11.1 Å². The van der Waals surface area contributed by atoms with E-state index in [0.717, 1.165) is 57.3 Å². The van der Waals surface area contributed by atoms with Gasteiger partial charge in [-0.25, -0.2) is 4.98 Å². The first-order valence-corrected chi connectivity index (χ1v) is 8.67. The third-order valence-electron chi connectivity index (χ3n) is 5.03. The molecule has 2 aliphatic heterocycles. The van der Waals surface area contributed by atoms with E-state index < -0.39 is 0 Å². The average Bonchev–Trinajstić information content (AvgIpc) is 2.68. The molecule has 1 N–H and O–H groups in total. The Morgan fingerprint density at radius 2 is 1.83 bits per heavy atom. The van der Waals surface area contributed by atoms with E-state index in [1.807, 2.05) is 12.3 Å². The molecule has 3 heterocycles. The second-order valence-corrected chi connectivity index (χ2v) is 6.33. The van der Waals surface area contributed by atoms with Gasteiger partial charge >= 0.3 is 0 Å². The zero-order valence-electron chi connectivity index (χ0n) is 14.2. The van der Waals surface area contributed by atoms with Gasteiger partial charge in [-0.1, -0.05) is 6.07 Å². The molecule has 2 aliphatic rings. The second-order valence-electron chi connectivity index (χ2n) is 6.33. The highest BCUT2D eigenvalue weighted by Gasteiger charge is 2.24. The number of ether oxygens (including phenoxy) is 1. The van der Waals surface area contributed by atoms with Gasteiger partial charge in [0.15, 0.2) is 0 Å². The minimum absolute atomic E-state index is 0.933. The van der Waals surface area contributed by atoms with Crippen LogP contribution in [0.3, 0.4) is 0 Å². The number of piperazine rings is 1. The molecule has 0 atom stereocenters. The lowest BCUT2D eigenvalue weighted by Crippen LogP contribution is -2.47. The number of rotatable bonds is 3. The summed E-state index contributed by atoms with van der Waals surface area (Å²) in [6.45, 7) is 6.02. The highest BCUT2D eigenvalue weighted by molar-refractivity contribution is 5.62. The lowest BCUT2D eigenvalue weighted by molar-refractivity contribution is 0.406. The Kier molecular flexibility index (Phi) is 4.26. The van der Waals surface area contributed by atoms with Crippen molar-refractivity contribution in [2.24, 2.45) is 0 Å². The fourth-order valence-electron chi connectivity index (χ4n) is 3.76. The maximum absolute atomic E-state index is 5.57. The molecule has 24 heavy (non-hydrogen) atoms. The summed E-state index contributed by atoms with van der Waals surface area (Å²) in [5.74, 6) is 2.11. The number of aromatic nitrogens is 1. The molecule has 0 aliphatic carbocycles. The summed E-state index contributed by atoms with van der Waals surface area (Å²) in [6.07, 6.45) is 2.91. The highest BCUT2D eigenvalue weighted by atomic mass is 16.5. The topological polar surface area (TPSA) is 40.6 Å². The van der Waals surface area contributed by atoms with Crippen molar-refractivity contribution in [3.8, 4) is 5.75 Å². The van der Waals surface area contributed by atoms with Crippen LogP contribution in [0, 0.1) is 0 Å². The summed E-state index contributed by atoms with van der Waals surface area (Å²) < 4.78 is 5.57. The van der Waals surface area contributed by atoms with Crippen LogP contribution in [0.25, 0.3) is 0 Å². The number of benzene rings is 1. The van der Waals surface area contributed by atoms with Crippen LogP contribution in [0.4, 0.5) is 11.5 Å². The fourth-order valence-corrected chi connectivity index (χ4v) is 3.76. The molecule has 126 valence electrons. The Labute approximate surface area is 143 Å². The summed E-state index contributed by atoms with van der Waals surface area (Å²) in [6, 6.07) is 10.5. The summed E-state index contributed by atoms with van der Waals surface area (Å²) in [5.41, 5.74) is 4.14. The van der Waals surface area contributed by atoms with E-state index in [4.69, 9.17) is 4.74 Å². The predicted molar refractivity (Wildman–Crippen MR) is 97.1 cm³/mol. The number of hydrogen-bond donors (Lipinski definition) is 1. The van der Waals surface area contributed by atoms with E-state index in [0.29, 0.717) is 0 Å². The number of methoxy groups -OCH3 is 1. The van der Waals surface area contributed by atoms with Gasteiger partial charge in [-0.15, -0.1) is 0 Å². The van der Waals surface area contributed by atoms with Gasteiger partial charge < -0.3 is 19.9 Å². The Morgan fingerprint density at radius 3 is 2.58 bits per heavy atom. The summed E-state index contributed by atoms with van der Waals surface area (Å²) in [5, 5.41) is 3.50. The van der Waals surface area contributed by atoms with Crippen molar-refractivity contribution in [3.05, 3.63) is 47.7 Å². The second kappa shape index (κ2) is 6.69. The number of anilines is 2. The number of nitrogens with one attached hydrogen (secondary N) is 1. The van der Waals surface area contributed by atoms with Gasteiger partial charge in [-0.3, -0.25) is 0 Å². The van der Waals surface area contributed by atoms with Crippen LogP contribution >= 0.6 is 0 Å². The third-order valence-corrected chi connectivity index (χ3v) is 5.03. The minimum Gasteiger partial charge on any atom is -0.496 e. The lowest BCUT2D eigenvalue weighted by atomic mass is 9.97. The third kappa shape index (κ3) is 2.80. The van der Waals surface area contributed by atoms with Gasteiger partial charge in [0.1, 0.15) is 11.6 Å². The van der Waals surface area contributed by atoms with E-state index in [1.54, 1.807) is 7.11 Å². The lowest BCUT2D eigenvalue weighted by Gasteiger charge is -2.38. The molecular formula is C19H24N4O. The van der Waals surface area contributed by atoms with E-state index in [9.17, 15) is 0 Å². The van der Waals surface area contributed by atoms with Crippen molar-refractivity contribution in [2.75, 3.05) is 49.6 Å². The van der Waals surface area contributed by atoms with Gasteiger partial charge in [0.05, 0.1) is 7.11 Å². The van der Waals surface area contributed by atoms with Gasteiger partial charge in [0, 0.05) is 50.2 Å².